The lowest BCUT2D eigenvalue weighted by molar-refractivity contribution is 0.684. The molecule has 2 rings (SSSR count). The number of nitrogens with zero attached hydrogens (tertiary/aromatic N) is 5. The molecule has 0 bridgehead atoms. The highest BCUT2D eigenvalue weighted by molar-refractivity contribution is 7.98. The summed E-state index contributed by atoms with van der Waals surface area (Å²) in [6.45, 7) is 1.83. The molecule has 0 amide bonds. The molecule has 0 saturated carbocycles. The summed E-state index contributed by atoms with van der Waals surface area (Å²) in [5.41, 5.74) is 1.07. The van der Waals surface area contributed by atoms with Crippen LogP contribution in [0.15, 0.2) is 9.82 Å². The largest absolute Gasteiger partial charge is 0.366 e. The van der Waals surface area contributed by atoms with Gasteiger partial charge in [0.2, 0.25) is 0 Å². The molecule has 0 aliphatic rings. The molecule has 80 valence electrons. The van der Waals surface area contributed by atoms with Gasteiger partial charge in [0.1, 0.15) is 10.7 Å². The van der Waals surface area contributed by atoms with Crippen LogP contribution in [-0.2, 0) is 7.05 Å². The second-order valence-corrected chi connectivity index (χ2v) is 3.78. The topological polar surface area (TPSA) is 81.4 Å². The van der Waals surface area contributed by atoms with Gasteiger partial charge in [-0.05, 0) is 23.6 Å². The van der Waals surface area contributed by atoms with Gasteiger partial charge < -0.3 is 0 Å². The first-order chi connectivity index (χ1) is 7.15. The Morgan fingerprint density at radius 3 is 2.73 bits per heavy atom. The number of hydrogen-bond acceptors (Lipinski definition) is 5. The second kappa shape index (κ2) is 3.54. The molecule has 1 N–H and O–H groups in total. The van der Waals surface area contributed by atoms with E-state index in [0.29, 0.717) is 5.69 Å². The lowest BCUT2D eigenvalue weighted by Gasteiger charge is -2.00. The number of thioether (sulfide) groups is 1. The Morgan fingerprint density at radius 1 is 1.47 bits per heavy atom. The number of aromatic amines is 1. The van der Waals surface area contributed by atoms with Crippen molar-refractivity contribution >= 4 is 11.8 Å². The molecule has 0 aliphatic heterocycles. The van der Waals surface area contributed by atoms with Gasteiger partial charge in [0.05, 0.1) is 5.69 Å². The van der Waals surface area contributed by atoms with Crippen molar-refractivity contribution in [3.63, 3.8) is 0 Å². The summed E-state index contributed by atoms with van der Waals surface area (Å²) >= 11 is 1.51. The van der Waals surface area contributed by atoms with Crippen LogP contribution in [0.4, 0.5) is 0 Å². The lowest BCUT2D eigenvalue weighted by Crippen LogP contribution is -2.17. The third-order valence-corrected chi connectivity index (χ3v) is 2.86. The summed E-state index contributed by atoms with van der Waals surface area (Å²) in [6.07, 6.45) is 1.92. The number of H-pyrrole nitrogens is 1. The molecular formula is C7H10N6OS. The molecule has 0 unspecified atom stereocenters. The zero-order valence-electron chi connectivity index (χ0n) is 8.55. The Balaban J connectivity index is 2.72. The Morgan fingerprint density at radius 2 is 2.20 bits per heavy atom. The van der Waals surface area contributed by atoms with Crippen LogP contribution in [0.2, 0.25) is 0 Å². The van der Waals surface area contributed by atoms with E-state index in [-0.39, 0.29) is 5.69 Å². The van der Waals surface area contributed by atoms with Gasteiger partial charge in [0.25, 0.3) is 0 Å². The van der Waals surface area contributed by atoms with Crippen LogP contribution in [0.5, 0.6) is 0 Å². The van der Waals surface area contributed by atoms with Crippen LogP contribution < -0.4 is 5.69 Å². The fourth-order valence-electron chi connectivity index (χ4n) is 1.44. The number of nitrogens with one attached hydrogen (secondary N) is 1. The molecule has 7 nitrogen and oxygen atoms in total. The van der Waals surface area contributed by atoms with Gasteiger partial charge in [0.15, 0.2) is 0 Å². The summed E-state index contributed by atoms with van der Waals surface area (Å²) in [5.74, 6) is 0. The number of aromatic nitrogens is 6. The molecule has 0 aliphatic carbocycles. The highest BCUT2D eigenvalue weighted by atomic mass is 32.2. The maximum Gasteiger partial charge on any atom is 0.366 e. The SMILES string of the molecule is CSc1c(-n2nn[nH]c2=O)c(C)nn1C. The van der Waals surface area contributed by atoms with Gasteiger partial charge in [-0.3, -0.25) is 4.68 Å². The van der Waals surface area contributed by atoms with Crippen molar-refractivity contribution in [2.24, 2.45) is 7.05 Å². The van der Waals surface area contributed by atoms with E-state index in [4.69, 9.17) is 0 Å². The van der Waals surface area contributed by atoms with Crippen LogP contribution in [0.1, 0.15) is 5.69 Å². The second-order valence-electron chi connectivity index (χ2n) is 2.99. The molecule has 0 aromatic carbocycles. The molecule has 8 heteroatoms. The minimum atomic E-state index is -0.360. The molecule has 2 aromatic heterocycles. The number of tetrazole rings is 1. The molecule has 0 radical (unpaired) electrons. The average molecular weight is 226 g/mol. The Kier molecular flexibility index (Phi) is 2.35. The smallest absolute Gasteiger partial charge is 0.260 e. The van der Waals surface area contributed by atoms with Gasteiger partial charge in [-0.2, -0.15) is 9.78 Å². The fraction of sp³-hybridized carbons (Fsp3) is 0.429. The van der Waals surface area contributed by atoms with Gasteiger partial charge >= 0.3 is 5.69 Å². The number of rotatable bonds is 2. The van der Waals surface area contributed by atoms with E-state index in [1.807, 2.05) is 20.2 Å². The van der Waals surface area contributed by atoms with Crippen LogP contribution >= 0.6 is 11.8 Å². The standard InChI is InChI=1S/C7H10N6OS/c1-4-5(6(15-3)12(2)9-4)13-7(14)8-10-11-13/h1-3H3,(H,8,11,14). The average Bonchev–Trinajstić information content (AvgIpc) is 2.70. The van der Waals surface area contributed by atoms with Crippen molar-refractivity contribution in [3.05, 3.63) is 16.2 Å². The Hall–Kier alpha value is -1.57. The van der Waals surface area contributed by atoms with Crippen molar-refractivity contribution in [2.75, 3.05) is 6.26 Å². The molecule has 15 heavy (non-hydrogen) atoms. The molecule has 0 spiro atoms. The lowest BCUT2D eigenvalue weighted by atomic mass is 10.4. The quantitative estimate of drug-likeness (QED) is 0.712. The monoisotopic (exact) mass is 226 g/mol. The zero-order valence-corrected chi connectivity index (χ0v) is 9.37. The minimum absolute atomic E-state index is 0.360. The van der Waals surface area contributed by atoms with Crippen LogP contribution in [0.3, 0.4) is 0 Å². The predicted octanol–water partition coefficient (Wildman–Crippen LogP) is -0.281. The maximum absolute atomic E-state index is 11.4. The molecule has 0 atom stereocenters. The number of aryl methyl sites for hydroxylation is 2. The summed E-state index contributed by atoms with van der Waals surface area (Å²) in [4.78, 5) is 11.4. The van der Waals surface area contributed by atoms with E-state index in [0.717, 1.165) is 10.7 Å². The summed E-state index contributed by atoms with van der Waals surface area (Å²) in [7, 11) is 1.83. The first kappa shape index (κ1) is 9.97. The van der Waals surface area contributed by atoms with Gasteiger partial charge in [-0.1, -0.05) is 0 Å². The predicted molar refractivity (Wildman–Crippen MR) is 55.3 cm³/mol. The van der Waals surface area contributed by atoms with E-state index in [1.165, 1.54) is 16.4 Å². The van der Waals surface area contributed by atoms with E-state index < -0.39 is 0 Å². The highest BCUT2D eigenvalue weighted by Crippen LogP contribution is 2.24. The van der Waals surface area contributed by atoms with Crippen molar-refractivity contribution in [3.8, 4) is 5.69 Å². The van der Waals surface area contributed by atoms with Gasteiger partial charge in [0, 0.05) is 7.05 Å². The summed E-state index contributed by atoms with van der Waals surface area (Å²) in [6, 6.07) is 0. The van der Waals surface area contributed by atoms with Crippen LogP contribution in [-0.4, -0.2) is 36.2 Å². The summed E-state index contributed by atoms with van der Waals surface area (Å²) in [5, 5.41) is 14.5. The molecule has 0 fully saturated rings. The Bertz CT molecular complexity index is 538. The third kappa shape index (κ3) is 1.46. The zero-order chi connectivity index (χ0) is 11.0. The van der Waals surface area contributed by atoms with E-state index in [9.17, 15) is 4.79 Å². The van der Waals surface area contributed by atoms with Crippen molar-refractivity contribution in [1.29, 1.82) is 0 Å². The molecule has 2 aromatic rings. The van der Waals surface area contributed by atoms with Gasteiger partial charge in [-0.25, -0.2) is 9.89 Å². The highest BCUT2D eigenvalue weighted by Gasteiger charge is 2.17. The van der Waals surface area contributed by atoms with Crippen molar-refractivity contribution < 1.29 is 0 Å². The normalized spacial score (nSPS) is 10.9. The van der Waals surface area contributed by atoms with Crippen LogP contribution in [0, 0.1) is 6.92 Å². The van der Waals surface area contributed by atoms with E-state index in [1.54, 1.807) is 4.68 Å². The fourth-order valence-corrected chi connectivity index (χ4v) is 2.18. The van der Waals surface area contributed by atoms with Gasteiger partial charge in [-0.15, -0.1) is 11.8 Å². The van der Waals surface area contributed by atoms with Crippen molar-refractivity contribution in [2.45, 2.75) is 11.9 Å². The first-order valence-corrected chi connectivity index (χ1v) is 5.46. The van der Waals surface area contributed by atoms with E-state index in [2.05, 4.69) is 20.6 Å². The molecule has 2 heterocycles. The maximum atomic E-state index is 11.4. The minimum Gasteiger partial charge on any atom is -0.260 e. The first-order valence-electron chi connectivity index (χ1n) is 4.23. The van der Waals surface area contributed by atoms with Crippen LogP contribution in [0.25, 0.3) is 5.69 Å². The summed E-state index contributed by atoms with van der Waals surface area (Å²) < 4.78 is 2.94. The Labute approximate surface area is 89.5 Å². The molecule has 0 saturated heterocycles. The third-order valence-electron chi connectivity index (χ3n) is 2.02. The molecular weight excluding hydrogens is 216 g/mol. The van der Waals surface area contributed by atoms with E-state index >= 15 is 0 Å². The van der Waals surface area contributed by atoms with Crippen molar-refractivity contribution in [1.82, 2.24) is 30.0 Å². The number of hydrogen-bond donors (Lipinski definition) is 1.